The molecule has 4 heteroatoms. The van der Waals surface area contributed by atoms with E-state index < -0.39 is 0 Å². The van der Waals surface area contributed by atoms with Crippen molar-refractivity contribution in [3.8, 4) is 0 Å². The van der Waals surface area contributed by atoms with Gasteiger partial charge < -0.3 is 0 Å². The molecule has 0 aromatic carbocycles. The van der Waals surface area contributed by atoms with E-state index in [2.05, 4.69) is 24.0 Å². The second-order valence-electron chi connectivity index (χ2n) is 3.36. The fourth-order valence-corrected chi connectivity index (χ4v) is 1.73. The molecule has 0 N–H and O–H groups in total. The molecule has 3 nitrogen and oxygen atoms in total. The lowest BCUT2D eigenvalue weighted by Gasteiger charge is -2.25. The molecule has 1 heterocycles. The van der Waals surface area contributed by atoms with Gasteiger partial charge in [-0.2, -0.15) is 5.10 Å². The molecule has 1 aliphatic rings. The SMILES string of the molecule is CCCCC1N(Cl)C=NN1CCC. The fourth-order valence-electron chi connectivity index (χ4n) is 1.49. The maximum Gasteiger partial charge on any atom is 0.134 e. The van der Waals surface area contributed by atoms with E-state index in [1.54, 1.807) is 10.8 Å². The Morgan fingerprint density at radius 3 is 2.77 bits per heavy atom. The van der Waals surface area contributed by atoms with Crippen LogP contribution in [0.5, 0.6) is 0 Å². The van der Waals surface area contributed by atoms with Crippen LogP contribution in [0.15, 0.2) is 5.10 Å². The summed E-state index contributed by atoms with van der Waals surface area (Å²) < 4.78 is 1.69. The quantitative estimate of drug-likeness (QED) is 0.640. The molecule has 1 aliphatic heterocycles. The normalized spacial score (nSPS) is 21.6. The summed E-state index contributed by atoms with van der Waals surface area (Å²) in [4.78, 5) is 0. The first-order chi connectivity index (χ1) is 6.29. The van der Waals surface area contributed by atoms with E-state index in [0.29, 0.717) is 0 Å². The lowest BCUT2D eigenvalue weighted by Crippen LogP contribution is -2.35. The molecular weight excluding hydrogens is 186 g/mol. The molecule has 0 saturated carbocycles. The Hall–Kier alpha value is -0.440. The molecule has 1 rings (SSSR count). The summed E-state index contributed by atoms with van der Waals surface area (Å²) in [5.74, 6) is 0. The summed E-state index contributed by atoms with van der Waals surface area (Å²) in [5.41, 5.74) is 0. The molecule has 0 aliphatic carbocycles. The zero-order valence-electron chi connectivity index (χ0n) is 8.41. The molecule has 0 fully saturated rings. The van der Waals surface area contributed by atoms with Gasteiger partial charge in [-0.25, -0.2) is 4.42 Å². The summed E-state index contributed by atoms with van der Waals surface area (Å²) in [6.45, 7) is 5.34. The molecule has 0 spiro atoms. The highest BCUT2D eigenvalue weighted by atomic mass is 35.5. The Kier molecular flexibility index (Phi) is 4.36. The third kappa shape index (κ3) is 2.76. The van der Waals surface area contributed by atoms with Crippen LogP contribution in [-0.2, 0) is 0 Å². The monoisotopic (exact) mass is 203 g/mol. The number of halogens is 1. The summed E-state index contributed by atoms with van der Waals surface area (Å²) in [6.07, 6.45) is 6.61. The van der Waals surface area contributed by atoms with Crippen LogP contribution in [0.2, 0.25) is 0 Å². The van der Waals surface area contributed by atoms with E-state index in [0.717, 1.165) is 19.4 Å². The lowest BCUT2D eigenvalue weighted by atomic mass is 10.2. The van der Waals surface area contributed by atoms with E-state index in [-0.39, 0.29) is 6.17 Å². The number of rotatable bonds is 5. The smallest absolute Gasteiger partial charge is 0.134 e. The minimum Gasteiger partial charge on any atom is -0.272 e. The number of unbranched alkanes of at least 4 members (excludes halogenated alkanes) is 1. The highest BCUT2D eigenvalue weighted by Crippen LogP contribution is 2.19. The standard InChI is InChI=1S/C9H18ClN3/c1-3-5-6-9-12(10)8-11-13(9)7-4-2/h8-9H,3-7H2,1-2H3. The third-order valence-electron chi connectivity index (χ3n) is 2.21. The van der Waals surface area contributed by atoms with Crippen LogP contribution in [0.1, 0.15) is 39.5 Å². The van der Waals surface area contributed by atoms with E-state index >= 15 is 0 Å². The van der Waals surface area contributed by atoms with Crippen LogP contribution >= 0.6 is 11.8 Å². The average molecular weight is 204 g/mol. The molecule has 1 unspecified atom stereocenters. The number of hydrazone groups is 1. The van der Waals surface area contributed by atoms with Crippen LogP contribution in [0.25, 0.3) is 0 Å². The second-order valence-corrected chi connectivity index (χ2v) is 3.75. The first-order valence-corrected chi connectivity index (χ1v) is 5.38. The summed E-state index contributed by atoms with van der Waals surface area (Å²) >= 11 is 5.99. The van der Waals surface area contributed by atoms with Crippen molar-refractivity contribution in [1.82, 2.24) is 9.43 Å². The first-order valence-electron chi connectivity index (χ1n) is 5.04. The van der Waals surface area contributed by atoms with E-state index in [1.165, 1.54) is 12.8 Å². The van der Waals surface area contributed by atoms with Crippen molar-refractivity contribution in [2.75, 3.05) is 6.54 Å². The topological polar surface area (TPSA) is 18.8 Å². The van der Waals surface area contributed by atoms with Gasteiger partial charge >= 0.3 is 0 Å². The predicted molar refractivity (Wildman–Crippen MR) is 56.5 cm³/mol. The molecule has 0 aromatic heterocycles. The van der Waals surface area contributed by atoms with Crippen molar-refractivity contribution in [3.05, 3.63) is 0 Å². The van der Waals surface area contributed by atoms with Crippen LogP contribution < -0.4 is 0 Å². The van der Waals surface area contributed by atoms with Gasteiger partial charge in [0.2, 0.25) is 0 Å². The Morgan fingerprint density at radius 2 is 2.15 bits per heavy atom. The number of hydrogen-bond donors (Lipinski definition) is 0. The summed E-state index contributed by atoms with van der Waals surface area (Å²) in [6, 6.07) is 0. The molecule has 0 saturated heterocycles. The maximum atomic E-state index is 5.99. The van der Waals surface area contributed by atoms with Crippen LogP contribution in [0, 0.1) is 0 Å². The van der Waals surface area contributed by atoms with Gasteiger partial charge in [-0.3, -0.25) is 5.01 Å². The zero-order chi connectivity index (χ0) is 9.68. The third-order valence-corrected chi connectivity index (χ3v) is 2.52. The highest BCUT2D eigenvalue weighted by Gasteiger charge is 2.25. The van der Waals surface area contributed by atoms with Gasteiger partial charge in [0, 0.05) is 18.3 Å². The minimum absolute atomic E-state index is 0.279. The number of nitrogens with zero attached hydrogens (tertiary/aromatic N) is 3. The van der Waals surface area contributed by atoms with Crippen molar-refractivity contribution in [2.24, 2.45) is 5.10 Å². The van der Waals surface area contributed by atoms with Gasteiger partial charge in [-0.15, -0.1) is 0 Å². The van der Waals surface area contributed by atoms with Crippen molar-refractivity contribution in [2.45, 2.75) is 45.7 Å². The van der Waals surface area contributed by atoms with E-state index in [9.17, 15) is 0 Å². The highest BCUT2D eigenvalue weighted by molar-refractivity contribution is 6.19. The average Bonchev–Trinajstić information content (AvgIpc) is 2.45. The largest absolute Gasteiger partial charge is 0.272 e. The van der Waals surface area contributed by atoms with Gasteiger partial charge in [0.15, 0.2) is 0 Å². The Labute approximate surface area is 85.5 Å². The number of hydrogen-bond acceptors (Lipinski definition) is 3. The molecule has 0 aromatic rings. The van der Waals surface area contributed by atoms with E-state index in [1.807, 2.05) is 0 Å². The van der Waals surface area contributed by atoms with Crippen molar-refractivity contribution in [1.29, 1.82) is 0 Å². The molecule has 76 valence electrons. The van der Waals surface area contributed by atoms with Crippen LogP contribution in [-0.4, -0.2) is 28.5 Å². The predicted octanol–water partition coefficient (Wildman–Crippen LogP) is 2.63. The maximum absolute atomic E-state index is 5.99. The Bertz CT molecular complexity index is 172. The zero-order valence-corrected chi connectivity index (χ0v) is 9.17. The van der Waals surface area contributed by atoms with E-state index in [4.69, 9.17) is 11.8 Å². The summed E-state index contributed by atoms with van der Waals surface area (Å²) in [7, 11) is 0. The van der Waals surface area contributed by atoms with Gasteiger partial charge in [0.25, 0.3) is 0 Å². The van der Waals surface area contributed by atoms with Gasteiger partial charge in [-0.1, -0.05) is 20.3 Å². The second kappa shape index (κ2) is 5.32. The van der Waals surface area contributed by atoms with Crippen molar-refractivity contribution >= 4 is 18.1 Å². The molecule has 0 bridgehead atoms. The fraction of sp³-hybridized carbons (Fsp3) is 0.889. The van der Waals surface area contributed by atoms with Gasteiger partial charge in [0.05, 0.1) is 0 Å². The van der Waals surface area contributed by atoms with Crippen molar-refractivity contribution < 1.29 is 0 Å². The molecule has 13 heavy (non-hydrogen) atoms. The molecule has 0 radical (unpaired) electrons. The first kappa shape index (κ1) is 10.6. The van der Waals surface area contributed by atoms with Gasteiger partial charge in [0.1, 0.15) is 12.5 Å². The van der Waals surface area contributed by atoms with Crippen molar-refractivity contribution in [3.63, 3.8) is 0 Å². The Morgan fingerprint density at radius 1 is 1.38 bits per heavy atom. The van der Waals surface area contributed by atoms with Gasteiger partial charge in [-0.05, 0) is 19.3 Å². The molecule has 1 atom stereocenters. The minimum atomic E-state index is 0.279. The lowest BCUT2D eigenvalue weighted by molar-refractivity contribution is 0.163. The van der Waals surface area contributed by atoms with Crippen LogP contribution in [0.4, 0.5) is 0 Å². The van der Waals surface area contributed by atoms with Crippen LogP contribution in [0.3, 0.4) is 0 Å². The summed E-state index contributed by atoms with van der Waals surface area (Å²) in [5, 5.41) is 6.32. The Balaban J connectivity index is 2.39. The molecule has 0 amide bonds. The molecular formula is C9H18ClN3.